The fraction of sp³-hybridized carbons (Fsp3) is 0.125. The molecule has 0 radical (unpaired) electrons. The summed E-state index contributed by atoms with van der Waals surface area (Å²) in [7, 11) is 1.28. The molecule has 10 heteroatoms. The molecular formula is C16H13N7O3. The van der Waals surface area contributed by atoms with Gasteiger partial charge in [-0.25, -0.2) is 9.89 Å². The van der Waals surface area contributed by atoms with Crippen molar-refractivity contribution < 1.29 is 9.53 Å². The van der Waals surface area contributed by atoms with E-state index in [0.717, 1.165) is 5.69 Å². The zero-order valence-electron chi connectivity index (χ0n) is 13.9. The monoisotopic (exact) mass is 351 g/mol. The number of pyridine rings is 1. The molecular weight excluding hydrogens is 338 g/mol. The zero-order chi connectivity index (χ0) is 18.3. The second kappa shape index (κ2) is 5.92. The molecule has 0 saturated carbocycles. The van der Waals surface area contributed by atoms with E-state index in [1.807, 2.05) is 24.3 Å². The van der Waals surface area contributed by atoms with E-state index in [2.05, 4.69) is 25.7 Å². The van der Waals surface area contributed by atoms with Gasteiger partial charge in [-0.15, -0.1) is 5.10 Å². The number of tetrazole rings is 1. The highest BCUT2D eigenvalue weighted by Crippen LogP contribution is 2.23. The van der Waals surface area contributed by atoms with Crippen LogP contribution in [0.2, 0.25) is 0 Å². The van der Waals surface area contributed by atoms with Crippen LogP contribution >= 0.6 is 0 Å². The lowest BCUT2D eigenvalue weighted by Gasteiger charge is -2.13. The quantitative estimate of drug-likeness (QED) is 0.540. The van der Waals surface area contributed by atoms with E-state index in [4.69, 9.17) is 4.74 Å². The summed E-state index contributed by atoms with van der Waals surface area (Å²) >= 11 is 0. The molecule has 1 N–H and O–H groups in total. The van der Waals surface area contributed by atoms with Crippen LogP contribution in [0.25, 0.3) is 22.6 Å². The number of esters is 1. The van der Waals surface area contributed by atoms with E-state index in [-0.39, 0.29) is 22.4 Å². The SMILES string of the molecule is COC(=O)c1cn(-c2cccc(-n3nnnc3C)c2)cc2c(=O)[nH]nc1-2. The van der Waals surface area contributed by atoms with E-state index in [0.29, 0.717) is 11.5 Å². The Kier molecular flexibility index (Phi) is 3.57. The van der Waals surface area contributed by atoms with E-state index < -0.39 is 5.97 Å². The van der Waals surface area contributed by atoms with Gasteiger partial charge < -0.3 is 9.30 Å². The highest BCUT2D eigenvalue weighted by molar-refractivity contribution is 5.96. The fourth-order valence-electron chi connectivity index (χ4n) is 2.70. The van der Waals surface area contributed by atoms with Crippen LogP contribution in [0.1, 0.15) is 16.2 Å². The first-order chi connectivity index (χ1) is 12.6. The molecule has 0 amide bonds. The van der Waals surface area contributed by atoms with Gasteiger partial charge in [0.05, 0.1) is 18.4 Å². The van der Waals surface area contributed by atoms with Gasteiger partial charge in [-0.05, 0) is 35.5 Å². The van der Waals surface area contributed by atoms with Gasteiger partial charge in [0.15, 0.2) is 5.82 Å². The lowest BCUT2D eigenvalue weighted by Crippen LogP contribution is -2.11. The first kappa shape index (κ1) is 15.7. The predicted molar refractivity (Wildman–Crippen MR) is 89.6 cm³/mol. The summed E-state index contributed by atoms with van der Waals surface area (Å²) in [6.07, 6.45) is 3.18. The fourth-order valence-corrected chi connectivity index (χ4v) is 2.70. The third kappa shape index (κ3) is 2.44. The van der Waals surface area contributed by atoms with Crippen LogP contribution in [0.5, 0.6) is 0 Å². The number of rotatable bonds is 3. The van der Waals surface area contributed by atoms with Crippen LogP contribution in [0.15, 0.2) is 41.5 Å². The number of nitrogens with one attached hydrogen (secondary N) is 1. The third-order valence-corrected chi connectivity index (χ3v) is 3.96. The molecule has 2 aromatic rings. The highest BCUT2D eigenvalue weighted by Gasteiger charge is 2.22. The Bertz CT molecular complexity index is 1140. The van der Waals surface area contributed by atoms with E-state index >= 15 is 0 Å². The first-order valence-corrected chi connectivity index (χ1v) is 7.63. The van der Waals surface area contributed by atoms with Crippen molar-refractivity contribution in [2.45, 2.75) is 6.92 Å². The smallest absolute Gasteiger partial charge is 0.341 e. The molecule has 2 aliphatic rings. The van der Waals surface area contributed by atoms with Crippen LogP contribution in [-0.4, -0.2) is 48.1 Å². The van der Waals surface area contributed by atoms with Gasteiger partial charge in [0, 0.05) is 18.1 Å². The van der Waals surface area contributed by atoms with Crippen molar-refractivity contribution in [1.29, 1.82) is 0 Å². The van der Waals surface area contributed by atoms with Gasteiger partial charge in [-0.3, -0.25) is 4.79 Å². The lowest BCUT2D eigenvalue weighted by atomic mass is 10.1. The Balaban J connectivity index is 1.91. The van der Waals surface area contributed by atoms with Crippen LogP contribution in [-0.2, 0) is 4.74 Å². The molecule has 0 bridgehead atoms. The van der Waals surface area contributed by atoms with Crippen LogP contribution in [0.4, 0.5) is 0 Å². The Morgan fingerprint density at radius 1 is 1.23 bits per heavy atom. The largest absolute Gasteiger partial charge is 0.465 e. The number of aromatic nitrogens is 7. The molecule has 0 aliphatic carbocycles. The molecule has 0 unspecified atom stereocenters. The number of methoxy groups -OCH3 is 1. The molecule has 130 valence electrons. The molecule has 0 fully saturated rings. The van der Waals surface area contributed by atoms with Gasteiger partial charge in [0.1, 0.15) is 11.3 Å². The van der Waals surface area contributed by atoms with E-state index in [9.17, 15) is 9.59 Å². The molecule has 3 heterocycles. The maximum absolute atomic E-state index is 12.1. The summed E-state index contributed by atoms with van der Waals surface area (Å²) in [4.78, 5) is 24.1. The normalized spacial score (nSPS) is 11.0. The number of aromatic amines is 1. The number of nitrogens with zero attached hydrogens (tertiary/aromatic N) is 6. The van der Waals surface area contributed by atoms with E-state index in [1.54, 1.807) is 28.6 Å². The van der Waals surface area contributed by atoms with Crippen molar-refractivity contribution in [3.8, 4) is 22.6 Å². The van der Waals surface area contributed by atoms with Crippen LogP contribution < -0.4 is 5.56 Å². The van der Waals surface area contributed by atoms with Gasteiger partial charge in [0.25, 0.3) is 5.56 Å². The van der Waals surface area contributed by atoms with E-state index in [1.165, 1.54) is 7.11 Å². The molecule has 10 nitrogen and oxygen atoms in total. The van der Waals surface area contributed by atoms with Gasteiger partial charge in [-0.2, -0.15) is 9.78 Å². The number of ether oxygens (including phenoxy) is 1. The Hall–Kier alpha value is -3.82. The van der Waals surface area contributed by atoms with Gasteiger partial charge in [0.2, 0.25) is 0 Å². The summed E-state index contributed by atoms with van der Waals surface area (Å²) in [6, 6.07) is 7.35. The van der Waals surface area contributed by atoms with Crippen molar-refractivity contribution in [2.24, 2.45) is 0 Å². The first-order valence-electron chi connectivity index (χ1n) is 7.63. The molecule has 2 aliphatic heterocycles. The van der Waals surface area contributed by atoms with Gasteiger partial charge >= 0.3 is 5.97 Å². The number of fused-ring (bicyclic) bond motifs is 1. The number of carbonyl (C=O) groups is 1. The van der Waals surface area contributed by atoms with Gasteiger partial charge in [-0.1, -0.05) is 6.07 Å². The molecule has 4 rings (SSSR count). The third-order valence-electron chi connectivity index (χ3n) is 3.96. The second-order valence-corrected chi connectivity index (χ2v) is 5.54. The molecule has 1 aromatic carbocycles. The topological polar surface area (TPSA) is 121 Å². The number of hydrogen-bond acceptors (Lipinski definition) is 7. The number of H-pyrrole nitrogens is 1. The minimum absolute atomic E-state index is 0.187. The van der Waals surface area contributed by atoms with Crippen molar-refractivity contribution in [2.75, 3.05) is 7.11 Å². The van der Waals surface area contributed by atoms with Crippen LogP contribution in [0, 0.1) is 6.92 Å². The Morgan fingerprint density at radius 3 is 2.77 bits per heavy atom. The standard InChI is InChI=1S/C16H13N7O3/c1-9-17-20-21-23(9)11-5-3-4-10(6-11)22-7-12-14(18-19-15(12)24)13(8-22)16(25)26-2/h3-8H,1-2H3,(H,19,24). The minimum atomic E-state index is -0.580. The average molecular weight is 351 g/mol. The number of aryl methyl sites for hydroxylation is 1. The molecule has 26 heavy (non-hydrogen) atoms. The maximum Gasteiger partial charge on any atom is 0.341 e. The van der Waals surface area contributed by atoms with Crippen LogP contribution in [0.3, 0.4) is 0 Å². The second-order valence-electron chi connectivity index (χ2n) is 5.54. The van der Waals surface area contributed by atoms with Crippen molar-refractivity contribution in [3.63, 3.8) is 0 Å². The maximum atomic E-state index is 12.1. The van der Waals surface area contributed by atoms with Crippen molar-refractivity contribution in [1.82, 2.24) is 35.0 Å². The lowest BCUT2D eigenvalue weighted by molar-refractivity contribution is 0.0600. The van der Waals surface area contributed by atoms with Crippen molar-refractivity contribution in [3.05, 3.63) is 58.4 Å². The number of carbonyl (C=O) groups excluding carboxylic acids is 1. The summed E-state index contributed by atoms with van der Waals surface area (Å²) in [5.74, 6) is 0.0536. The average Bonchev–Trinajstić information content (AvgIpc) is 3.26. The summed E-state index contributed by atoms with van der Waals surface area (Å²) in [5, 5.41) is 17.7. The predicted octanol–water partition coefficient (Wildman–Crippen LogP) is 0.736. The zero-order valence-corrected chi connectivity index (χ0v) is 13.9. The van der Waals surface area contributed by atoms with Crippen molar-refractivity contribution >= 4 is 5.97 Å². The molecule has 0 saturated heterocycles. The highest BCUT2D eigenvalue weighted by atomic mass is 16.5. The number of benzene rings is 1. The molecule has 0 spiro atoms. The molecule has 0 atom stereocenters. The summed E-state index contributed by atoms with van der Waals surface area (Å²) < 4.78 is 8.05. The molecule has 1 aromatic heterocycles. The Morgan fingerprint density at radius 2 is 2.04 bits per heavy atom. The summed E-state index contributed by atoms with van der Waals surface area (Å²) in [6.45, 7) is 1.79. The number of hydrogen-bond donors (Lipinski definition) is 1. The minimum Gasteiger partial charge on any atom is -0.465 e. The summed E-state index contributed by atoms with van der Waals surface area (Å²) in [5.41, 5.74) is 1.82. The Labute approximate surface area is 146 Å².